The summed E-state index contributed by atoms with van der Waals surface area (Å²) in [6.07, 6.45) is 4.43. The Morgan fingerprint density at radius 1 is 0.917 bits per heavy atom. The molecule has 2 nitrogen and oxygen atoms in total. The molecule has 2 bridgehead atoms. The molecule has 1 N–H and O–H groups in total. The summed E-state index contributed by atoms with van der Waals surface area (Å²) in [4.78, 5) is 2.75. The van der Waals surface area contributed by atoms with Crippen molar-refractivity contribution in [1.82, 2.24) is 10.2 Å². The van der Waals surface area contributed by atoms with E-state index in [1.807, 2.05) is 0 Å². The number of nitrogens with one attached hydrogen (secondary N) is 1. The first-order valence-electron chi connectivity index (χ1n) is 4.43. The van der Waals surface area contributed by atoms with Gasteiger partial charge in [0.15, 0.2) is 0 Å². The van der Waals surface area contributed by atoms with Crippen molar-refractivity contribution in [3.05, 3.63) is 0 Å². The van der Waals surface area contributed by atoms with Gasteiger partial charge in [0, 0.05) is 31.2 Å². The van der Waals surface area contributed by atoms with Gasteiger partial charge in [-0.25, -0.2) is 0 Å². The standard InChI is InChI=1S/C8H14N2.2ClH/c1-2-6(1)10-7-3-8(10)5-9-4-7;;/h6-9H,1-5H2;2*1H. The fourth-order valence-electron chi connectivity index (χ4n) is 2.48. The van der Waals surface area contributed by atoms with Crippen LogP contribution < -0.4 is 5.32 Å². The summed E-state index contributed by atoms with van der Waals surface area (Å²) >= 11 is 0. The lowest BCUT2D eigenvalue weighted by atomic mass is 9.88. The summed E-state index contributed by atoms with van der Waals surface area (Å²) in [6.45, 7) is 2.51. The zero-order chi connectivity index (χ0) is 6.55. The molecule has 0 spiro atoms. The van der Waals surface area contributed by atoms with E-state index in [0.717, 1.165) is 18.1 Å². The Hall–Kier alpha value is 0.500. The van der Waals surface area contributed by atoms with E-state index in [-0.39, 0.29) is 24.8 Å². The molecule has 2 aliphatic heterocycles. The summed E-state index contributed by atoms with van der Waals surface area (Å²) in [6, 6.07) is 2.85. The van der Waals surface area contributed by atoms with Crippen molar-refractivity contribution in [2.45, 2.75) is 37.4 Å². The molecule has 12 heavy (non-hydrogen) atoms. The molecule has 1 aliphatic carbocycles. The fourth-order valence-corrected chi connectivity index (χ4v) is 2.48. The zero-order valence-electron chi connectivity index (χ0n) is 7.03. The number of fused-ring (bicyclic) bond motifs is 2. The lowest BCUT2D eigenvalue weighted by Gasteiger charge is -2.53. The van der Waals surface area contributed by atoms with E-state index in [9.17, 15) is 0 Å². The quantitative estimate of drug-likeness (QED) is 0.697. The second-order valence-corrected chi connectivity index (χ2v) is 3.88. The lowest BCUT2D eigenvalue weighted by molar-refractivity contribution is -0.0208. The van der Waals surface area contributed by atoms with Gasteiger partial charge in [-0.3, -0.25) is 4.90 Å². The largest absolute Gasteiger partial charge is 0.314 e. The first-order chi connectivity index (χ1) is 4.95. The Morgan fingerprint density at radius 2 is 1.50 bits per heavy atom. The molecule has 2 unspecified atom stereocenters. The molecule has 4 heteroatoms. The maximum absolute atomic E-state index is 3.46. The summed E-state index contributed by atoms with van der Waals surface area (Å²) in [5.41, 5.74) is 0. The third-order valence-electron chi connectivity index (χ3n) is 3.12. The molecule has 2 atom stereocenters. The molecule has 3 rings (SSSR count). The van der Waals surface area contributed by atoms with E-state index in [1.165, 1.54) is 32.4 Å². The maximum atomic E-state index is 3.46. The van der Waals surface area contributed by atoms with E-state index in [2.05, 4.69) is 10.2 Å². The van der Waals surface area contributed by atoms with Crippen molar-refractivity contribution >= 4 is 24.8 Å². The van der Waals surface area contributed by atoms with Gasteiger partial charge in [0.1, 0.15) is 0 Å². The highest BCUT2D eigenvalue weighted by molar-refractivity contribution is 5.85. The van der Waals surface area contributed by atoms with E-state index < -0.39 is 0 Å². The van der Waals surface area contributed by atoms with Gasteiger partial charge >= 0.3 is 0 Å². The Kier molecular flexibility index (Phi) is 3.27. The van der Waals surface area contributed by atoms with Crippen molar-refractivity contribution < 1.29 is 0 Å². The van der Waals surface area contributed by atoms with Crippen LogP contribution in [0.1, 0.15) is 19.3 Å². The Balaban J connectivity index is 0.000000360. The molecule has 3 aliphatic rings. The SMILES string of the molecule is C1CC1N1C2CNCC1C2.Cl.Cl. The smallest absolute Gasteiger partial charge is 0.0242 e. The lowest BCUT2D eigenvalue weighted by Crippen LogP contribution is -2.68. The van der Waals surface area contributed by atoms with Crippen LogP contribution in [0.3, 0.4) is 0 Å². The highest BCUT2D eigenvalue weighted by Crippen LogP contribution is 2.39. The van der Waals surface area contributed by atoms with Gasteiger partial charge in [-0.1, -0.05) is 0 Å². The van der Waals surface area contributed by atoms with Crippen LogP contribution in [0.2, 0.25) is 0 Å². The number of halogens is 2. The molecular formula is C8H16Cl2N2. The van der Waals surface area contributed by atoms with E-state index in [0.29, 0.717) is 0 Å². The number of nitrogens with zero attached hydrogens (tertiary/aromatic N) is 1. The van der Waals surface area contributed by atoms with Crippen LogP contribution in [-0.4, -0.2) is 36.1 Å². The number of hydrogen-bond acceptors (Lipinski definition) is 2. The second kappa shape index (κ2) is 3.70. The first-order valence-corrected chi connectivity index (χ1v) is 4.43. The summed E-state index contributed by atoms with van der Waals surface area (Å²) in [7, 11) is 0. The van der Waals surface area contributed by atoms with Gasteiger partial charge in [-0.15, -0.1) is 24.8 Å². The molecule has 0 radical (unpaired) electrons. The summed E-state index contributed by atoms with van der Waals surface area (Å²) in [5, 5.41) is 3.46. The molecule has 0 amide bonds. The minimum atomic E-state index is 0. The van der Waals surface area contributed by atoms with E-state index in [1.54, 1.807) is 0 Å². The van der Waals surface area contributed by atoms with Gasteiger partial charge in [0.2, 0.25) is 0 Å². The predicted octanol–water partition coefficient (Wildman–Crippen LogP) is 1.04. The summed E-state index contributed by atoms with van der Waals surface area (Å²) < 4.78 is 0. The Bertz CT molecular complexity index is 147. The van der Waals surface area contributed by atoms with Gasteiger partial charge in [0.05, 0.1) is 0 Å². The topological polar surface area (TPSA) is 15.3 Å². The monoisotopic (exact) mass is 210 g/mol. The average molecular weight is 211 g/mol. The van der Waals surface area contributed by atoms with E-state index in [4.69, 9.17) is 0 Å². The van der Waals surface area contributed by atoms with Crippen molar-refractivity contribution in [2.24, 2.45) is 0 Å². The average Bonchev–Trinajstić information content (AvgIpc) is 2.73. The van der Waals surface area contributed by atoms with Crippen molar-refractivity contribution in [2.75, 3.05) is 13.1 Å². The molecular weight excluding hydrogens is 195 g/mol. The minimum absolute atomic E-state index is 0. The molecule has 0 aromatic carbocycles. The highest BCUT2D eigenvalue weighted by Gasteiger charge is 2.47. The highest BCUT2D eigenvalue weighted by atomic mass is 35.5. The van der Waals surface area contributed by atoms with Crippen molar-refractivity contribution in [3.63, 3.8) is 0 Å². The maximum Gasteiger partial charge on any atom is 0.0242 e. The van der Waals surface area contributed by atoms with Crippen LogP contribution in [0.4, 0.5) is 0 Å². The van der Waals surface area contributed by atoms with Crippen LogP contribution in [-0.2, 0) is 0 Å². The molecule has 2 heterocycles. The van der Waals surface area contributed by atoms with Crippen molar-refractivity contribution in [3.8, 4) is 0 Å². The van der Waals surface area contributed by atoms with Crippen LogP contribution in [0.15, 0.2) is 0 Å². The van der Waals surface area contributed by atoms with Gasteiger partial charge < -0.3 is 5.32 Å². The van der Waals surface area contributed by atoms with Crippen LogP contribution in [0.25, 0.3) is 0 Å². The van der Waals surface area contributed by atoms with Crippen LogP contribution in [0, 0.1) is 0 Å². The molecule has 1 saturated carbocycles. The number of piperidine rings is 1. The fraction of sp³-hybridized carbons (Fsp3) is 1.00. The number of piperazine rings is 1. The molecule has 0 aromatic heterocycles. The molecule has 3 fully saturated rings. The van der Waals surface area contributed by atoms with Gasteiger partial charge in [0.25, 0.3) is 0 Å². The number of hydrogen-bond donors (Lipinski definition) is 1. The molecule has 2 saturated heterocycles. The van der Waals surface area contributed by atoms with Gasteiger partial charge in [-0.05, 0) is 19.3 Å². The third kappa shape index (κ3) is 1.46. The van der Waals surface area contributed by atoms with E-state index >= 15 is 0 Å². The third-order valence-corrected chi connectivity index (χ3v) is 3.12. The molecule has 72 valence electrons. The normalized spacial score (nSPS) is 39.0. The van der Waals surface area contributed by atoms with Crippen molar-refractivity contribution in [1.29, 1.82) is 0 Å². The summed E-state index contributed by atoms with van der Waals surface area (Å²) in [5.74, 6) is 0. The van der Waals surface area contributed by atoms with Crippen LogP contribution >= 0.6 is 24.8 Å². The molecule has 0 aromatic rings. The Labute approximate surface area is 85.9 Å². The number of rotatable bonds is 1. The van der Waals surface area contributed by atoms with Gasteiger partial charge in [-0.2, -0.15) is 0 Å². The van der Waals surface area contributed by atoms with Crippen LogP contribution in [0.5, 0.6) is 0 Å². The Morgan fingerprint density at radius 3 is 1.92 bits per heavy atom. The minimum Gasteiger partial charge on any atom is -0.314 e. The zero-order valence-corrected chi connectivity index (χ0v) is 8.66. The first kappa shape index (κ1) is 10.6. The second-order valence-electron chi connectivity index (χ2n) is 3.88. The predicted molar refractivity (Wildman–Crippen MR) is 54.4 cm³/mol.